The second kappa shape index (κ2) is 15.2. The van der Waals surface area contributed by atoms with E-state index in [9.17, 15) is 4.79 Å². The second-order valence-electron chi connectivity index (χ2n) is 12.4. The lowest BCUT2D eigenvalue weighted by Crippen LogP contribution is -2.38. The van der Waals surface area contributed by atoms with Crippen LogP contribution in [0.2, 0.25) is 5.15 Å². The maximum Gasteiger partial charge on any atom is 0.414 e. The zero-order chi connectivity index (χ0) is 33.5. The fourth-order valence-corrected chi connectivity index (χ4v) is 5.58. The lowest BCUT2D eigenvalue weighted by atomic mass is 10.1. The Morgan fingerprint density at radius 2 is 1.40 bits per heavy atom. The quantitative estimate of drug-likeness (QED) is 0.138. The first-order valence-electron chi connectivity index (χ1n) is 15.7. The van der Waals surface area contributed by atoms with Crippen LogP contribution in [-0.4, -0.2) is 56.1 Å². The van der Waals surface area contributed by atoms with Crippen molar-refractivity contribution in [1.29, 1.82) is 0 Å². The van der Waals surface area contributed by atoms with E-state index in [1.165, 1.54) is 0 Å². The van der Waals surface area contributed by atoms with Crippen molar-refractivity contribution < 1.29 is 28.5 Å². The van der Waals surface area contributed by atoms with E-state index in [0.29, 0.717) is 31.0 Å². The van der Waals surface area contributed by atoms with Gasteiger partial charge in [-0.25, -0.2) is 9.78 Å². The van der Waals surface area contributed by atoms with Gasteiger partial charge in [0.1, 0.15) is 29.4 Å². The Hall–Kier alpha value is -4.39. The average Bonchev–Trinajstić information content (AvgIpc) is 3.64. The van der Waals surface area contributed by atoms with Crippen molar-refractivity contribution in [2.45, 2.75) is 70.7 Å². The molecule has 12 heteroatoms. The van der Waals surface area contributed by atoms with E-state index in [2.05, 4.69) is 20.3 Å². The van der Waals surface area contributed by atoms with Crippen LogP contribution >= 0.6 is 11.6 Å². The smallest absolute Gasteiger partial charge is 0.414 e. The molecule has 3 heterocycles. The molecule has 4 atom stereocenters. The Kier molecular flexibility index (Phi) is 10.6. The van der Waals surface area contributed by atoms with Gasteiger partial charge in [-0.2, -0.15) is 9.97 Å². The van der Waals surface area contributed by atoms with E-state index in [4.69, 9.17) is 35.3 Å². The molecule has 1 fully saturated rings. The van der Waals surface area contributed by atoms with Gasteiger partial charge in [0, 0.05) is 0 Å². The fourth-order valence-electron chi connectivity index (χ4n) is 5.36. The summed E-state index contributed by atoms with van der Waals surface area (Å²) in [7, 11) is 0. The molecule has 1 aliphatic heterocycles. The lowest BCUT2D eigenvalue weighted by molar-refractivity contribution is -0.0913. The molecule has 2 aromatic heterocycles. The topological polar surface area (TPSA) is 119 Å². The maximum absolute atomic E-state index is 12.6. The number of nitrogens with one attached hydrogen (secondary N) is 1. The molecular weight excluding hydrogens is 634 g/mol. The summed E-state index contributed by atoms with van der Waals surface area (Å²) in [5.74, 6) is -0.0390. The zero-order valence-electron chi connectivity index (χ0n) is 27.0. The normalized spacial score (nSPS) is 19.4. The number of carbonyl (C=O) groups excluding carboxylic acids is 1. The van der Waals surface area contributed by atoms with Crippen LogP contribution < -0.4 is 5.32 Å². The summed E-state index contributed by atoms with van der Waals surface area (Å²) in [4.78, 5) is 25.9. The molecule has 0 saturated carbocycles. The molecule has 1 N–H and O–H groups in total. The summed E-state index contributed by atoms with van der Waals surface area (Å²) in [6.45, 7) is 6.59. The molecule has 11 nitrogen and oxygen atoms in total. The highest BCUT2D eigenvalue weighted by Crippen LogP contribution is 2.37. The van der Waals surface area contributed by atoms with Gasteiger partial charge in [-0.3, -0.25) is 9.88 Å². The number of ether oxygens (including phenoxy) is 5. The van der Waals surface area contributed by atoms with Crippen molar-refractivity contribution in [3.05, 3.63) is 119 Å². The third kappa shape index (κ3) is 8.55. The minimum absolute atomic E-state index is 0.0390. The van der Waals surface area contributed by atoms with E-state index < -0.39 is 36.2 Å². The van der Waals surface area contributed by atoms with Gasteiger partial charge >= 0.3 is 6.09 Å². The molecule has 1 saturated heterocycles. The highest BCUT2D eigenvalue weighted by Gasteiger charge is 2.48. The van der Waals surface area contributed by atoms with E-state index in [-0.39, 0.29) is 17.7 Å². The summed E-state index contributed by atoms with van der Waals surface area (Å²) in [5.41, 5.74) is 3.01. The summed E-state index contributed by atoms with van der Waals surface area (Å²) in [6, 6.07) is 29.8. The first kappa shape index (κ1) is 33.5. The zero-order valence-corrected chi connectivity index (χ0v) is 27.7. The largest absolute Gasteiger partial charge is 0.444 e. The van der Waals surface area contributed by atoms with Crippen LogP contribution in [-0.2, 0) is 43.5 Å². The van der Waals surface area contributed by atoms with Gasteiger partial charge in [-0.15, -0.1) is 0 Å². The third-order valence-electron chi connectivity index (χ3n) is 7.52. The SMILES string of the molecule is CC(C)(C)OC(=O)Nc1nc(Cl)c2ncn([C@@H]3O[C@H](COCc4ccccc4)[C@@H](OCc4ccccc4)[C@H]3OCc3ccccc3)c2n1. The predicted molar refractivity (Wildman–Crippen MR) is 180 cm³/mol. The average molecular weight is 672 g/mol. The number of imidazole rings is 1. The van der Waals surface area contributed by atoms with Gasteiger partial charge in [0.2, 0.25) is 5.95 Å². The van der Waals surface area contributed by atoms with Gasteiger partial charge < -0.3 is 23.7 Å². The van der Waals surface area contributed by atoms with E-state index >= 15 is 0 Å². The number of benzene rings is 3. The highest BCUT2D eigenvalue weighted by molar-refractivity contribution is 6.33. The molecule has 0 spiro atoms. The number of halogens is 1. The lowest BCUT2D eigenvalue weighted by Gasteiger charge is -2.25. The van der Waals surface area contributed by atoms with E-state index in [1.54, 1.807) is 31.7 Å². The second-order valence-corrected chi connectivity index (χ2v) is 12.7. The molecule has 0 unspecified atom stereocenters. The Morgan fingerprint density at radius 1 is 0.833 bits per heavy atom. The van der Waals surface area contributed by atoms with Crippen LogP contribution in [0.15, 0.2) is 97.3 Å². The Labute approximate surface area is 284 Å². The van der Waals surface area contributed by atoms with Crippen molar-refractivity contribution in [2.24, 2.45) is 0 Å². The molecule has 48 heavy (non-hydrogen) atoms. The first-order valence-corrected chi connectivity index (χ1v) is 16.1. The minimum atomic E-state index is -0.745. The summed E-state index contributed by atoms with van der Waals surface area (Å²) in [6.07, 6.45) is -1.55. The molecule has 1 aliphatic rings. The molecule has 0 aliphatic carbocycles. The number of rotatable bonds is 12. The highest BCUT2D eigenvalue weighted by atomic mass is 35.5. The molecular formula is C36H38ClN5O6. The Morgan fingerprint density at radius 3 is 1.98 bits per heavy atom. The van der Waals surface area contributed by atoms with Crippen molar-refractivity contribution in [2.75, 3.05) is 11.9 Å². The number of carbonyl (C=O) groups is 1. The van der Waals surface area contributed by atoms with Crippen LogP contribution in [0.1, 0.15) is 43.7 Å². The van der Waals surface area contributed by atoms with Crippen molar-refractivity contribution in [3.8, 4) is 0 Å². The van der Waals surface area contributed by atoms with Crippen LogP contribution in [0.25, 0.3) is 11.2 Å². The standard InChI is InChI=1S/C36H38ClN5O6/c1-36(2,3)48-35(43)41-34-39-31(37)28-32(40-34)42(23-38-28)33-30(46-21-26-17-11-6-12-18-26)29(45-20-25-15-9-5-10-16-25)27(47-33)22-44-19-24-13-7-4-8-14-24/h4-18,23,27,29-30,33H,19-22H2,1-3H3,(H,39,40,41,43)/t27-,29-,30-,33-/m1/s1. The molecule has 250 valence electrons. The monoisotopic (exact) mass is 671 g/mol. The summed E-state index contributed by atoms with van der Waals surface area (Å²) in [5, 5.41) is 2.63. The molecule has 0 bridgehead atoms. The van der Waals surface area contributed by atoms with Gasteiger partial charge in [0.05, 0.1) is 32.8 Å². The molecule has 6 rings (SSSR count). The summed E-state index contributed by atoms with van der Waals surface area (Å²) < 4.78 is 33.2. The number of anilines is 1. The summed E-state index contributed by atoms with van der Waals surface area (Å²) >= 11 is 6.54. The number of aromatic nitrogens is 4. The number of hydrogen-bond acceptors (Lipinski definition) is 9. The van der Waals surface area contributed by atoms with Crippen LogP contribution in [0.5, 0.6) is 0 Å². The van der Waals surface area contributed by atoms with Gasteiger partial charge in [0.15, 0.2) is 17.0 Å². The van der Waals surface area contributed by atoms with Crippen molar-refractivity contribution in [1.82, 2.24) is 19.5 Å². The van der Waals surface area contributed by atoms with E-state index in [0.717, 1.165) is 16.7 Å². The molecule has 1 amide bonds. The number of amides is 1. The maximum atomic E-state index is 12.6. The van der Waals surface area contributed by atoms with Crippen LogP contribution in [0.4, 0.5) is 10.7 Å². The number of fused-ring (bicyclic) bond motifs is 1. The number of nitrogens with zero attached hydrogens (tertiary/aromatic N) is 4. The predicted octanol–water partition coefficient (Wildman–Crippen LogP) is 7.11. The minimum Gasteiger partial charge on any atom is -0.444 e. The van der Waals surface area contributed by atoms with E-state index in [1.807, 2.05) is 91.0 Å². The molecule has 5 aromatic rings. The van der Waals surface area contributed by atoms with Crippen molar-refractivity contribution in [3.63, 3.8) is 0 Å². The molecule has 0 radical (unpaired) electrons. The number of hydrogen-bond donors (Lipinski definition) is 1. The van der Waals surface area contributed by atoms with Gasteiger partial charge in [-0.05, 0) is 37.5 Å². The van der Waals surface area contributed by atoms with Crippen LogP contribution in [0.3, 0.4) is 0 Å². The fraction of sp³-hybridized carbons (Fsp3) is 0.333. The van der Waals surface area contributed by atoms with Gasteiger partial charge in [0.25, 0.3) is 0 Å². The van der Waals surface area contributed by atoms with Crippen molar-refractivity contribution >= 4 is 34.8 Å². The Balaban J connectivity index is 1.32. The Bertz CT molecular complexity index is 1790. The van der Waals surface area contributed by atoms with Gasteiger partial charge in [-0.1, -0.05) is 103 Å². The van der Waals surface area contributed by atoms with Crippen LogP contribution in [0, 0.1) is 0 Å². The third-order valence-corrected chi connectivity index (χ3v) is 7.78. The molecule has 3 aromatic carbocycles. The first-order chi connectivity index (χ1) is 23.2.